The zero-order valence-electron chi connectivity index (χ0n) is 21.0. The van der Waals surface area contributed by atoms with Crippen LogP contribution in [0, 0.1) is 0 Å². The van der Waals surface area contributed by atoms with E-state index in [0.29, 0.717) is 37.0 Å². The van der Waals surface area contributed by atoms with Gasteiger partial charge < -0.3 is 19.8 Å². The number of aromatic nitrogens is 2. The molecule has 7 nitrogen and oxygen atoms in total. The Labute approximate surface area is 214 Å². The summed E-state index contributed by atoms with van der Waals surface area (Å²) in [5.74, 6) is 1.45. The molecule has 2 atom stereocenters. The number of hydrogen-bond donors (Lipinski definition) is 1. The van der Waals surface area contributed by atoms with Gasteiger partial charge in [0.2, 0.25) is 5.91 Å². The lowest BCUT2D eigenvalue weighted by molar-refractivity contribution is -0.133. The van der Waals surface area contributed by atoms with Crippen molar-refractivity contribution in [2.75, 3.05) is 57.3 Å². The molecule has 1 fully saturated rings. The fourth-order valence-corrected chi connectivity index (χ4v) is 5.54. The molecule has 1 amide bonds. The van der Waals surface area contributed by atoms with Crippen LogP contribution in [0.15, 0.2) is 30.6 Å². The number of fused-ring (bicyclic) bond motifs is 1. The van der Waals surface area contributed by atoms with E-state index in [1.165, 1.54) is 11.3 Å². The van der Waals surface area contributed by atoms with E-state index in [4.69, 9.17) is 11.6 Å². The zero-order chi connectivity index (χ0) is 24.8. The summed E-state index contributed by atoms with van der Waals surface area (Å²) in [6, 6.07) is 7.68. The first-order valence-electron chi connectivity index (χ1n) is 13.0. The number of benzene rings is 1. The summed E-state index contributed by atoms with van der Waals surface area (Å²) >= 11 is 6.14. The SMILES string of the molecule is CCCN(CCCO)CC(C(=O)N1CCN(c2ncnc3c2C(C)CC3)CC1)c1ccc(Cl)cc1. The van der Waals surface area contributed by atoms with Gasteiger partial charge >= 0.3 is 0 Å². The fraction of sp³-hybridized carbons (Fsp3) is 0.593. The summed E-state index contributed by atoms with van der Waals surface area (Å²) < 4.78 is 0. The van der Waals surface area contributed by atoms with Crippen LogP contribution in [0.25, 0.3) is 0 Å². The predicted octanol–water partition coefficient (Wildman–Crippen LogP) is 3.71. The molecule has 1 aromatic carbocycles. The summed E-state index contributed by atoms with van der Waals surface area (Å²) in [7, 11) is 0. The van der Waals surface area contributed by atoms with Crippen LogP contribution in [0.4, 0.5) is 5.82 Å². The van der Waals surface area contributed by atoms with Crippen molar-refractivity contribution < 1.29 is 9.90 Å². The lowest BCUT2D eigenvalue weighted by Crippen LogP contribution is -2.51. The molecule has 4 rings (SSSR count). The first-order valence-corrected chi connectivity index (χ1v) is 13.4. The fourth-order valence-electron chi connectivity index (χ4n) is 5.42. The molecule has 35 heavy (non-hydrogen) atoms. The topological polar surface area (TPSA) is 72.8 Å². The summed E-state index contributed by atoms with van der Waals surface area (Å²) in [5.41, 5.74) is 3.47. The van der Waals surface area contributed by atoms with Crippen molar-refractivity contribution in [3.05, 3.63) is 52.4 Å². The average molecular weight is 500 g/mol. The van der Waals surface area contributed by atoms with Crippen LogP contribution >= 0.6 is 11.6 Å². The van der Waals surface area contributed by atoms with E-state index in [9.17, 15) is 9.90 Å². The molecule has 2 heterocycles. The third kappa shape index (κ3) is 6.13. The molecule has 1 aliphatic heterocycles. The van der Waals surface area contributed by atoms with Crippen LogP contribution in [-0.4, -0.2) is 83.2 Å². The maximum Gasteiger partial charge on any atom is 0.231 e. The maximum atomic E-state index is 13.9. The minimum absolute atomic E-state index is 0.160. The number of amides is 1. The van der Waals surface area contributed by atoms with Gasteiger partial charge in [-0.2, -0.15) is 0 Å². The highest BCUT2D eigenvalue weighted by molar-refractivity contribution is 6.30. The smallest absolute Gasteiger partial charge is 0.231 e. The van der Waals surface area contributed by atoms with E-state index in [1.54, 1.807) is 6.33 Å². The highest BCUT2D eigenvalue weighted by Gasteiger charge is 2.32. The molecule has 1 aliphatic carbocycles. The number of rotatable bonds is 10. The van der Waals surface area contributed by atoms with Crippen molar-refractivity contribution >= 4 is 23.3 Å². The van der Waals surface area contributed by atoms with Gasteiger partial charge in [-0.25, -0.2) is 9.97 Å². The molecule has 190 valence electrons. The first-order chi connectivity index (χ1) is 17.0. The molecule has 0 bridgehead atoms. The Hall–Kier alpha value is -2.22. The van der Waals surface area contributed by atoms with Crippen LogP contribution in [-0.2, 0) is 11.2 Å². The Balaban J connectivity index is 1.48. The van der Waals surface area contributed by atoms with Gasteiger partial charge in [0.05, 0.1) is 5.92 Å². The summed E-state index contributed by atoms with van der Waals surface area (Å²) in [5, 5.41) is 10.0. The molecule has 1 aromatic heterocycles. The van der Waals surface area contributed by atoms with Crippen LogP contribution in [0.5, 0.6) is 0 Å². The van der Waals surface area contributed by atoms with Gasteiger partial charge in [-0.15, -0.1) is 0 Å². The van der Waals surface area contributed by atoms with Gasteiger partial charge in [0.25, 0.3) is 0 Å². The molecule has 2 aliphatic rings. The number of piperazine rings is 1. The van der Waals surface area contributed by atoms with Gasteiger partial charge in [-0.1, -0.05) is 37.6 Å². The Bertz CT molecular complexity index is 978. The van der Waals surface area contributed by atoms with E-state index in [-0.39, 0.29) is 18.4 Å². The second-order valence-corrected chi connectivity index (χ2v) is 10.2. The second kappa shape index (κ2) is 12.2. The van der Waals surface area contributed by atoms with E-state index in [1.807, 2.05) is 29.2 Å². The van der Waals surface area contributed by atoms with Crippen molar-refractivity contribution in [3.8, 4) is 0 Å². The van der Waals surface area contributed by atoms with Crippen molar-refractivity contribution in [1.82, 2.24) is 19.8 Å². The molecule has 8 heteroatoms. The highest BCUT2D eigenvalue weighted by atomic mass is 35.5. The molecule has 0 spiro atoms. The van der Waals surface area contributed by atoms with E-state index in [2.05, 4.69) is 33.6 Å². The van der Waals surface area contributed by atoms with Crippen molar-refractivity contribution in [3.63, 3.8) is 0 Å². The van der Waals surface area contributed by atoms with Crippen molar-refractivity contribution in [2.45, 2.75) is 51.4 Å². The second-order valence-electron chi connectivity index (χ2n) is 9.79. The quantitative estimate of drug-likeness (QED) is 0.537. The van der Waals surface area contributed by atoms with Crippen LogP contribution in [0.1, 0.15) is 61.8 Å². The summed E-state index contributed by atoms with van der Waals surface area (Å²) in [6.45, 7) is 9.81. The first kappa shape index (κ1) is 25.9. The van der Waals surface area contributed by atoms with Crippen LogP contribution in [0.3, 0.4) is 0 Å². The number of aliphatic hydroxyl groups excluding tert-OH is 1. The van der Waals surface area contributed by atoms with Crippen molar-refractivity contribution in [2.24, 2.45) is 0 Å². The third-order valence-corrected chi connectivity index (χ3v) is 7.58. The number of anilines is 1. The number of carbonyl (C=O) groups excluding carboxylic acids is 1. The van der Waals surface area contributed by atoms with Gasteiger partial charge in [0, 0.05) is 62.2 Å². The molecule has 1 saturated heterocycles. The number of carbonyl (C=O) groups is 1. The Kier molecular flexibility index (Phi) is 8.98. The number of hydrogen-bond acceptors (Lipinski definition) is 6. The molecule has 2 aromatic rings. The van der Waals surface area contributed by atoms with E-state index < -0.39 is 0 Å². The van der Waals surface area contributed by atoms with E-state index >= 15 is 0 Å². The van der Waals surface area contributed by atoms with Crippen LogP contribution in [0.2, 0.25) is 5.02 Å². The third-order valence-electron chi connectivity index (χ3n) is 7.33. The Morgan fingerprint density at radius 3 is 2.60 bits per heavy atom. The molecule has 0 radical (unpaired) electrons. The number of nitrogens with zero attached hydrogens (tertiary/aromatic N) is 5. The standard InChI is InChI=1S/C27H38ClN5O2/c1-3-11-31(12-4-17-34)18-23(21-6-8-22(28)9-7-21)27(35)33-15-13-32(14-16-33)26-25-20(2)5-10-24(25)29-19-30-26/h6-9,19-20,23,34H,3-5,10-18H2,1-2H3. The van der Waals surface area contributed by atoms with Crippen LogP contribution < -0.4 is 4.90 Å². The zero-order valence-corrected chi connectivity index (χ0v) is 21.8. The monoisotopic (exact) mass is 499 g/mol. The van der Waals surface area contributed by atoms with Gasteiger partial charge in [-0.05, 0) is 55.8 Å². The molecule has 1 N–H and O–H groups in total. The molecule has 2 unspecified atom stereocenters. The van der Waals surface area contributed by atoms with E-state index in [0.717, 1.165) is 56.8 Å². The Morgan fingerprint density at radius 1 is 1.17 bits per heavy atom. The number of aryl methyl sites for hydroxylation is 1. The number of aliphatic hydroxyl groups is 1. The lowest BCUT2D eigenvalue weighted by Gasteiger charge is -2.38. The predicted molar refractivity (Wildman–Crippen MR) is 140 cm³/mol. The minimum Gasteiger partial charge on any atom is -0.396 e. The van der Waals surface area contributed by atoms with Gasteiger partial charge in [-0.3, -0.25) is 4.79 Å². The molecule has 0 saturated carbocycles. The highest BCUT2D eigenvalue weighted by Crippen LogP contribution is 2.37. The molecular formula is C27H38ClN5O2. The number of halogens is 1. The van der Waals surface area contributed by atoms with Gasteiger partial charge in [0.15, 0.2) is 0 Å². The summed E-state index contributed by atoms with van der Waals surface area (Å²) in [4.78, 5) is 29.6. The van der Waals surface area contributed by atoms with Gasteiger partial charge in [0.1, 0.15) is 12.1 Å². The Morgan fingerprint density at radius 2 is 1.91 bits per heavy atom. The minimum atomic E-state index is -0.257. The van der Waals surface area contributed by atoms with Crippen molar-refractivity contribution in [1.29, 1.82) is 0 Å². The lowest BCUT2D eigenvalue weighted by atomic mass is 9.96. The normalized spacial score (nSPS) is 18.7. The maximum absolute atomic E-state index is 13.9. The largest absolute Gasteiger partial charge is 0.396 e. The average Bonchev–Trinajstić information content (AvgIpc) is 3.27. The molecular weight excluding hydrogens is 462 g/mol. The summed E-state index contributed by atoms with van der Waals surface area (Å²) in [6.07, 6.45) is 5.56.